The molecule has 0 aliphatic heterocycles. The summed E-state index contributed by atoms with van der Waals surface area (Å²) in [5.41, 5.74) is 4.10. The van der Waals surface area contributed by atoms with Crippen molar-refractivity contribution in [3.63, 3.8) is 0 Å². The van der Waals surface area contributed by atoms with Crippen LogP contribution in [0, 0.1) is 5.82 Å². The van der Waals surface area contributed by atoms with E-state index in [1.807, 2.05) is 22.9 Å². The van der Waals surface area contributed by atoms with Crippen molar-refractivity contribution >= 4 is 16.9 Å². The molecule has 1 aromatic carbocycles. The first-order valence-electron chi connectivity index (χ1n) is 6.31. The van der Waals surface area contributed by atoms with Gasteiger partial charge in [0.25, 0.3) is 5.91 Å². The van der Waals surface area contributed by atoms with Crippen LogP contribution < -0.4 is 5.48 Å². The molecule has 0 spiro atoms. The van der Waals surface area contributed by atoms with Gasteiger partial charge in [-0.15, -0.1) is 0 Å². The van der Waals surface area contributed by atoms with E-state index in [1.165, 1.54) is 18.3 Å². The molecule has 0 saturated carbocycles. The summed E-state index contributed by atoms with van der Waals surface area (Å²) in [6.45, 7) is 0.465. The van der Waals surface area contributed by atoms with Gasteiger partial charge >= 0.3 is 0 Å². The van der Waals surface area contributed by atoms with Crippen molar-refractivity contribution in [2.75, 3.05) is 0 Å². The summed E-state index contributed by atoms with van der Waals surface area (Å²) in [7, 11) is 0. The first-order valence-corrected chi connectivity index (χ1v) is 6.31. The zero-order valence-corrected chi connectivity index (χ0v) is 11.0. The van der Waals surface area contributed by atoms with Crippen molar-refractivity contribution in [3.8, 4) is 0 Å². The van der Waals surface area contributed by atoms with E-state index in [0.717, 1.165) is 16.6 Å². The minimum Gasteiger partial charge on any atom is -0.342 e. The Hall–Kier alpha value is -2.73. The molecule has 106 valence electrons. The van der Waals surface area contributed by atoms with Gasteiger partial charge in [-0.05, 0) is 29.8 Å². The summed E-state index contributed by atoms with van der Waals surface area (Å²) >= 11 is 0. The van der Waals surface area contributed by atoms with Gasteiger partial charge in [0, 0.05) is 18.9 Å². The highest BCUT2D eigenvalue weighted by Crippen LogP contribution is 2.17. The maximum Gasteiger partial charge on any atom is 0.276 e. The molecule has 0 fully saturated rings. The molecule has 3 aromatic rings. The predicted molar refractivity (Wildman–Crippen MR) is 74.5 cm³/mol. The van der Waals surface area contributed by atoms with Crippen LogP contribution in [0.2, 0.25) is 0 Å². The molecule has 5 nitrogen and oxygen atoms in total. The molecular formula is C15H12FN3O2. The van der Waals surface area contributed by atoms with Crippen molar-refractivity contribution in [1.82, 2.24) is 15.0 Å². The second-order valence-electron chi connectivity index (χ2n) is 4.64. The van der Waals surface area contributed by atoms with Crippen LogP contribution >= 0.6 is 0 Å². The van der Waals surface area contributed by atoms with Crippen molar-refractivity contribution in [1.29, 1.82) is 0 Å². The highest BCUT2D eigenvalue weighted by Gasteiger charge is 2.09. The van der Waals surface area contributed by atoms with Crippen molar-refractivity contribution in [2.45, 2.75) is 6.54 Å². The topological polar surface area (TPSA) is 67.2 Å². The Kier molecular flexibility index (Phi) is 3.37. The second-order valence-corrected chi connectivity index (χ2v) is 4.64. The number of fused-ring (bicyclic) bond motifs is 1. The molecule has 3 rings (SSSR count). The van der Waals surface area contributed by atoms with Crippen LogP contribution in [0.4, 0.5) is 4.39 Å². The summed E-state index contributed by atoms with van der Waals surface area (Å²) in [5.74, 6) is -0.912. The maximum absolute atomic E-state index is 13.2. The number of halogens is 1. The predicted octanol–water partition coefficient (Wildman–Crippen LogP) is 2.34. The zero-order valence-electron chi connectivity index (χ0n) is 11.0. The average Bonchev–Trinajstić information content (AvgIpc) is 2.89. The minimum atomic E-state index is -0.622. The molecule has 0 unspecified atom stereocenters. The van der Waals surface area contributed by atoms with Crippen LogP contribution in [0.3, 0.4) is 0 Å². The number of carbonyl (C=O) groups excluding carboxylic acids is 1. The van der Waals surface area contributed by atoms with Crippen molar-refractivity contribution in [2.24, 2.45) is 0 Å². The summed E-state index contributed by atoms with van der Waals surface area (Å²) in [4.78, 5) is 15.6. The third-order valence-corrected chi connectivity index (χ3v) is 3.22. The Morgan fingerprint density at radius 1 is 1.33 bits per heavy atom. The van der Waals surface area contributed by atoms with Gasteiger partial charge in [0.1, 0.15) is 5.82 Å². The first kappa shape index (κ1) is 13.3. The van der Waals surface area contributed by atoms with Gasteiger partial charge in [0.2, 0.25) is 0 Å². The van der Waals surface area contributed by atoms with Crippen LogP contribution in [-0.2, 0) is 6.54 Å². The number of pyridine rings is 1. The molecule has 2 aromatic heterocycles. The van der Waals surface area contributed by atoms with Gasteiger partial charge in [0.05, 0.1) is 16.6 Å². The van der Waals surface area contributed by atoms with E-state index < -0.39 is 5.91 Å². The molecular weight excluding hydrogens is 273 g/mol. The largest absolute Gasteiger partial charge is 0.342 e. The number of hydrogen-bond acceptors (Lipinski definition) is 3. The van der Waals surface area contributed by atoms with E-state index in [2.05, 4.69) is 4.98 Å². The van der Waals surface area contributed by atoms with Gasteiger partial charge in [-0.25, -0.2) is 9.87 Å². The molecule has 2 N–H and O–H groups in total. The van der Waals surface area contributed by atoms with Crippen molar-refractivity contribution < 1.29 is 14.4 Å². The van der Waals surface area contributed by atoms with Crippen LogP contribution in [0.25, 0.3) is 11.0 Å². The average molecular weight is 285 g/mol. The maximum atomic E-state index is 13.2. The van der Waals surface area contributed by atoms with E-state index in [9.17, 15) is 9.18 Å². The lowest BCUT2D eigenvalue weighted by atomic mass is 10.2. The minimum absolute atomic E-state index is 0.254. The Morgan fingerprint density at radius 2 is 2.19 bits per heavy atom. The zero-order chi connectivity index (χ0) is 14.8. The molecule has 2 heterocycles. The molecule has 0 aliphatic rings. The first-order chi connectivity index (χ1) is 10.2. The Labute approximate surface area is 119 Å². The van der Waals surface area contributed by atoms with Gasteiger partial charge in [-0.2, -0.15) is 0 Å². The van der Waals surface area contributed by atoms with Crippen molar-refractivity contribution in [3.05, 3.63) is 65.7 Å². The van der Waals surface area contributed by atoms with E-state index in [4.69, 9.17) is 5.21 Å². The normalized spacial score (nSPS) is 10.8. The number of amides is 1. The number of nitrogens with zero attached hydrogens (tertiary/aromatic N) is 2. The fraction of sp³-hybridized carbons (Fsp3) is 0.0667. The van der Waals surface area contributed by atoms with Crippen LogP contribution in [0.15, 0.2) is 48.8 Å². The lowest BCUT2D eigenvalue weighted by Crippen LogP contribution is -2.18. The van der Waals surface area contributed by atoms with Gasteiger partial charge in [-0.3, -0.25) is 15.0 Å². The standard InChI is InChI=1S/C15H12FN3O2/c16-12-3-1-2-10(6-12)9-19-5-4-13-14(19)7-11(8-17-13)15(20)18-21/h1-8,21H,9H2,(H,18,20). The molecule has 0 saturated heterocycles. The molecule has 6 heteroatoms. The molecule has 0 aliphatic carbocycles. The number of hydroxylamine groups is 1. The quantitative estimate of drug-likeness (QED) is 0.573. The van der Waals surface area contributed by atoms with Gasteiger partial charge in [-0.1, -0.05) is 12.1 Å². The molecule has 0 bridgehead atoms. The second kappa shape index (κ2) is 5.34. The number of nitrogens with one attached hydrogen (secondary N) is 1. The summed E-state index contributed by atoms with van der Waals surface area (Å²) in [6.07, 6.45) is 3.21. The number of benzene rings is 1. The third kappa shape index (κ3) is 2.61. The third-order valence-electron chi connectivity index (χ3n) is 3.22. The van der Waals surface area contributed by atoms with E-state index >= 15 is 0 Å². The number of hydrogen-bond donors (Lipinski definition) is 2. The number of rotatable bonds is 3. The highest BCUT2D eigenvalue weighted by atomic mass is 19.1. The number of aromatic nitrogens is 2. The Balaban J connectivity index is 2.00. The Morgan fingerprint density at radius 3 is 2.95 bits per heavy atom. The summed E-state index contributed by atoms with van der Waals surface area (Å²) < 4.78 is 15.1. The monoisotopic (exact) mass is 285 g/mol. The van der Waals surface area contributed by atoms with E-state index in [-0.39, 0.29) is 11.4 Å². The summed E-state index contributed by atoms with van der Waals surface area (Å²) in [6, 6.07) is 9.78. The molecule has 21 heavy (non-hydrogen) atoms. The van der Waals surface area contributed by atoms with Gasteiger partial charge < -0.3 is 4.57 Å². The molecule has 1 amide bonds. The van der Waals surface area contributed by atoms with Gasteiger partial charge in [0.15, 0.2) is 0 Å². The SMILES string of the molecule is O=C(NO)c1cnc2ccn(Cc3cccc(F)c3)c2c1. The van der Waals surface area contributed by atoms with E-state index in [0.29, 0.717) is 6.54 Å². The van der Waals surface area contributed by atoms with Crippen LogP contribution in [0.5, 0.6) is 0 Å². The fourth-order valence-electron chi connectivity index (χ4n) is 2.22. The van der Waals surface area contributed by atoms with Crippen LogP contribution in [0.1, 0.15) is 15.9 Å². The van der Waals surface area contributed by atoms with Crippen LogP contribution in [-0.4, -0.2) is 20.7 Å². The smallest absolute Gasteiger partial charge is 0.276 e. The molecule has 0 radical (unpaired) electrons. The highest BCUT2D eigenvalue weighted by molar-refractivity contribution is 5.96. The van der Waals surface area contributed by atoms with E-state index in [1.54, 1.807) is 17.6 Å². The lowest BCUT2D eigenvalue weighted by molar-refractivity contribution is 0.0706. The molecule has 0 atom stereocenters. The fourth-order valence-corrected chi connectivity index (χ4v) is 2.22. The Bertz CT molecular complexity index is 814. The summed E-state index contributed by atoms with van der Waals surface area (Å²) in [5, 5.41) is 8.67. The lowest BCUT2D eigenvalue weighted by Gasteiger charge is -2.06. The number of carbonyl (C=O) groups is 1.